The number of nitrogens with one attached hydrogen (secondary N) is 1. The Bertz CT molecular complexity index is 306. The van der Waals surface area contributed by atoms with Crippen LogP contribution in [0.4, 0.5) is 0 Å². The van der Waals surface area contributed by atoms with Crippen LogP contribution in [-0.4, -0.2) is 35.6 Å². The number of nitrogens with zero attached hydrogens (tertiary/aromatic N) is 2. The lowest BCUT2D eigenvalue weighted by atomic mass is 10.1. The van der Waals surface area contributed by atoms with Crippen molar-refractivity contribution in [2.45, 2.75) is 32.4 Å². The summed E-state index contributed by atoms with van der Waals surface area (Å²) in [5.41, 5.74) is 1.18. The number of pyridine rings is 1. The highest BCUT2D eigenvalue weighted by Crippen LogP contribution is 2.22. The predicted octanol–water partition coefficient (Wildman–Crippen LogP) is 1.83. The molecule has 0 radical (unpaired) electrons. The molecule has 1 aromatic rings. The Hall–Kier alpha value is -0.930. The summed E-state index contributed by atoms with van der Waals surface area (Å²) in [4.78, 5) is 7.00. The molecule has 2 rings (SSSR count). The van der Waals surface area contributed by atoms with Crippen molar-refractivity contribution < 1.29 is 0 Å². The molecule has 88 valence electrons. The Morgan fingerprint density at radius 3 is 3.00 bits per heavy atom. The number of hydrogen-bond donors (Lipinski definition) is 1. The van der Waals surface area contributed by atoms with Gasteiger partial charge in [-0.1, -0.05) is 13.0 Å². The normalized spacial score (nSPS) is 22.6. The van der Waals surface area contributed by atoms with Gasteiger partial charge >= 0.3 is 0 Å². The highest BCUT2D eigenvalue weighted by Gasteiger charge is 2.26. The summed E-state index contributed by atoms with van der Waals surface area (Å²) >= 11 is 0. The minimum Gasteiger partial charge on any atom is -0.315 e. The average Bonchev–Trinajstić information content (AvgIpc) is 2.85. The van der Waals surface area contributed by atoms with Crippen LogP contribution in [0.3, 0.4) is 0 Å². The number of likely N-dealkylation sites (N-methyl/N-ethyl adjacent to an activating group) is 1. The summed E-state index contributed by atoms with van der Waals surface area (Å²) < 4.78 is 0. The second-order valence-electron chi connectivity index (χ2n) is 4.41. The van der Waals surface area contributed by atoms with Gasteiger partial charge < -0.3 is 5.32 Å². The van der Waals surface area contributed by atoms with Gasteiger partial charge in [0.15, 0.2) is 0 Å². The van der Waals surface area contributed by atoms with E-state index >= 15 is 0 Å². The molecule has 3 nitrogen and oxygen atoms in total. The maximum absolute atomic E-state index is 4.46. The Morgan fingerprint density at radius 2 is 2.44 bits per heavy atom. The van der Waals surface area contributed by atoms with E-state index in [0.717, 1.165) is 19.6 Å². The highest BCUT2D eigenvalue weighted by atomic mass is 15.2. The zero-order chi connectivity index (χ0) is 11.4. The smallest absolute Gasteiger partial charge is 0.0572 e. The molecule has 2 heterocycles. The maximum Gasteiger partial charge on any atom is 0.0572 e. The van der Waals surface area contributed by atoms with Crippen molar-refractivity contribution in [3.63, 3.8) is 0 Å². The van der Waals surface area contributed by atoms with Gasteiger partial charge in [-0.2, -0.15) is 0 Å². The molecule has 1 saturated heterocycles. The second-order valence-corrected chi connectivity index (χ2v) is 4.41. The van der Waals surface area contributed by atoms with Gasteiger partial charge in [-0.25, -0.2) is 0 Å². The van der Waals surface area contributed by atoms with Gasteiger partial charge in [0.25, 0.3) is 0 Å². The van der Waals surface area contributed by atoms with E-state index in [4.69, 9.17) is 0 Å². The minimum absolute atomic E-state index is 0.413. The van der Waals surface area contributed by atoms with E-state index in [1.165, 1.54) is 12.1 Å². The van der Waals surface area contributed by atoms with Crippen molar-refractivity contribution >= 4 is 0 Å². The average molecular weight is 219 g/mol. The summed E-state index contributed by atoms with van der Waals surface area (Å²) in [6.07, 6.45) is 3.14. The van der Waals surface area contributed by atoms with Crippen LogP contribution in [0.2, 0.25) is 0 Å². The molecule has 0 saturated carbocycles. The van der Waals surface area contributed by atoms with Crippen molar-refractivity contribution in [1.82, 2.24) is 15.2 Å². The number of hydrogen-bond acceptors (Lipinski definition) is 3. The molecule has 0 aliphatic carbocycles. The molecule has 1 fully saturated rings. The van der Waals surface area contributed by atoms with Crippen molar-refractivity contribution in [3.8, 4) is 0 Å². The zero-order valence-corrected chi connectivity index (χ0v) is 10.2. The van der Waals surface area contributed by atoms with Crippen LogP contribution >= 0.6 is 0 Å². The summed E-state index contributed by atoms with van der Waals surface area (Å²) in [6, 6.07) is 7.25. The summed E-state index contributed by atoms with van der Waals surface area (Å²) in [5.74, 6) is 0. The summed E-state index contributed by atoms with van der Waals surface area (Å²) in [5, 5.41) is 3.43. The van der Waals surface area contributed by atoms with Crippen molar-refractivity contribution in [1.29, 1.82) is 0 Å². The van der Waals surface area contributed by atoms with E-state index in [1.807, 2.05) is 12.3 Å². The minimum atomic E-state index is 0.413. The highest BCUT2D eigenvalue weighted by molar-refractivity contribution is 5.08. The van der Waals surface area contributed by atoms with Crippen LogP contribution < -0.4 is 5.32 Å². The lowest BCUT2D eigenvalue weighted by Crippen LogP contribution is -2.38. The topological polar surface area (TPSA) is 28.2 Å². The third-order valence-corrected chi connectivity index (χ3v) is 3.48. The van der Waals surface area contributed by atoms with E-state index in [2.05, 4.69) is 41.2 Å². The van der Waals surface area contributed by atoms with Crippen LogP contribution in [0.1, 0.15) is 32.0 Å². The van der Waals surface area contributed by atoms with Crippen molar-refractivity contribution in [2.75, 3.05) is 19.6 Å². The molecular formula is C13H21N3. The third kappa shape index (κ3) is 2.42. The molecule has 0 bridgehead atoms. The molecule has 3 heteroatoms. The Balaban J connectivity index is 2.08. The molecule has 1 aromatic heterocycles. The summed E-state index contributed by atoms with van der Waals surface area (Å²) in [6.45, 7) is 7.84. The predicted molar refractivity (Wildman–Crippen MR) is 66.3 cm³/mol. The molecule has 1 aliphatic heterocycles. The summed E-state index contributed by atoms with van der Waals surface area (Å²) in [7, 11) is 0. The number of rotatable bonds is 4. The molecule has 2 unspecified atom stereocenters. The van der Waals surface area contributed by atoms with Crippen LogP contribution in [-0.2, 0) is 0 Å². The zero-order valence-electron chi connectivity index (χ0n) is 10.2. The fourth-order valence-corrected chi connectivity index (χ4v) is 2.56. The fourth-order valence-electron chi connectivity index (χ4n) is 2.56. The van der Waals surface area contributed by atoms with Crippen LogP contribution in [0.5, 0.6) is 0 Å². The Kier molecular flexibility index (Phi) is 3.91. The molecule has 16 heavy (non-hydrogen) atoms. The first-order valence-corrected chi connectivity index (χ1v) is 6.20. The maximum atomic E-state index is 4.46. The Labute approximate surface area is 97.9 Å². The first-order chi connectivity index (χ1) is 7.83. The lowest BCUT2D eigenvalue weighted by Gasteiger charge is -2.32. The van der Waals surface area contributed by atoms with E-state index in [-0.39, 0.29) is 0 Å². The second kappa shape index (κ2) is 5.41. The largest absolute Gasteiger partial charge is 0.315 e. The molecular weight excluding hydrogens is 198 g/mol. The van der Waals surface area contributed by atoms with Gasteiger partial charge in [-0.05, 0) is 38.6 Å². The van der Waals surface area contributed by atoms with Gasteiger partial charge in [0, 0.05) is 24.8 Å². The molecule has 0 amide bonds. The quantitative estimate of drug-likeness (QED) is 0.837. The van der Waals surface area contributed by atoms with Crippen molar-refractivity contribution in [3.05, 3.63) is 30.1 Å². The van der Waals surface area contributed by atoms with Crippen LogP contribution in [0.25, 0.3) is 0 Å². The van der Waals surface area contributed by atoms with E-state index < -0.39 is 0 Å². The van der Waals surface area contributed by atoms with Crippen LogP contribution in [0, 0.1) is 0 Å². The lowest BCUT2D eigenvalue weighted by molar-refractivity contribution is 0.160. The Morgan fingerprint density at radius 1 is 1.56 bits per heavy atom. The van der Waals surface area contributed by atoms with E-state index in [1.54, 1.807) is 0 Å². The molecule has 0 spiro atoms. The van der Waals surface area contributed by atoms with Crippen molar-refractivity contribution in [2.24, 2.45) is 0 Å². The third-order valence-electron chi connectivity index (χ3n) is 3.48. The fraction of sp³-hybridized carbons (Fsp3) is 0.615. The first kappa shape index (κ1) is 11.6. The van der Waals surface area contributed by atoms with Crippen LogP contribution in [0.15, 0.2) is 24.4 Å². The van der Waals surface area contributed by atoms with Gasteiger partial charge in [0.2, 0.25) is 0 Å². The van der Waals surface area contributed by atoms with E-state index in [0.29, 0.717) is 12.1 Å². The molecule has 0 aromatic carbocycles. The standard InChI is InChI=1S/C13H21N3/c1-3-16(12-7-9-14-10-12)11(2)13-6-4-5-8-15-13/h4-6,8,11-12,14H,3,7,9-10H2,1-2H3. The van der Waals surface area contributed by atoms with Gasteiger partial charge in [0.1, 0.15) is 0 Å². The van der Waals surface area contributed by atoms with Gasteiger partial charge in [-0.3, -0.25) is 9.88 Å². The molecule has 1 aliphatic rings. The molecule has 2 atom stereocenters. The monoisotopic (exact) mass is 219 g/mol. The van der Waals surface area contributed by atoms with E-state index in [9.17, 15) is 0 Å². The number of aromatic nitrogens is 1. The SMILES string of the molecule is CCN(C1CCNC1)C(C)c1ccccn1. The van der Waals surface area contributed by atoms with Gasteiger partial charge in [0.05, 0.1) is 5.69 Å². The van der Waals surface area contributed by atoms with Gasteiger partial charge in [-0.15, -0.1) is 0 Å². The first-order valence-electron chi connectivity index (χ1n) is 6.20. The molecule has 1 N–H and O–H groups in total.